The summed E-state index contributed by atoms with van der Waals surface area (Å²) < 4.78 is 0. The molecule has 0 aromatic heterocycles. The van der Waals surface area contributed by atoms with Crippen LogP contribution >= 0.6 is 0 Å². The molecule has 0 radical (unpaired) electrons. The summed E-state index contributed by atoms with van der Waals surface area (Å²) in [5.74, 6) is 0.954. The van der Waals surface area contributed by atoms with Gasteiger partial charge in [0.1, 0.15) is 5.78 Å². The summed E-state index contributed by atoms with van der Waals surface area (Å²) in [5.41, 5.74) is 5.23. The van der Waals surface area contributed by atoms with Crippen LogP contribution in [0.15, 0.2) is 0 Å². The van der Waals surface area contributed by atoms with Gasteiger partial charge in [0.05, 0.1) is 6.54 Å². The van der Waals surface area contributed by atoms with Gasteiger partial charge in [0.15, 0.2) is 0 Å². The number of nitrogens with one attached hydrogen (secondary N) is 1. The third-order valence-electron chi connectivity index (χ3n) is 2.52. The summed E-state index contributed by atoms with van der Waals surface area (Å²) in [5, 5.41) is 3.31. The smallest absolute Gasteiger partial charge is 0.146 e. The van der Waals surface area contributed by atoms with E-state index in [-0.39, 0.29) is 12.3 Å². The fraction of sp³-hybridized carbons (Fsp3) is 0.889. The van der Waals surface area contributed by atoms with Crippen molar-refractivity contribution in [2.45, 2.75) is 25.7 Å². The zero-order valence-electron chi connectivity index (χ0n) is 7.51. The van der Waals surface area contributed by atoms with E-state index in [1.165, 1.54) is 12.8 Å². The van der Waals surface area contributed by atoms with Gasteiger partial charge in [0.25, 0.3) is 0 Å². The van der Waals surface area contributed by atoms with Crippen molar-refractivity contribution in [1.82, 2.24) is 5.32 Å². The molecule has 3 nitrogen and oxygen atoms in total. The Labute approximate surface area is 73.7 Å². The first-order valence-electron chi connectivity index (χ1n) is 4.75. The molecule has 1 fully saturated rings. The molecule has 0 atom stereocenters. The number of ketones is 1. The highest BCUT2D eigenvalue weighted by atomic mass is 16.1. The molecule has 1 heterocycles. The average Bonchev–Trinajstić information content (AvgIpc) is 2.16. The first kappa shape index (κ1) is 9.68. The maximum atomic E-state index is 10.9. The molecule has 1 aliphatic rings. The van der Waals surface area contributed by atoms with Crippen molar-refractivity contribution < 1.29 is 4.79 Å². The largest absolute Gasteiger partial charge is 0.324 e. The molecule has 0 saturated carbocycles. The van der Waals surface area contributed by atoms with E-state index in [4.69, 9.17) is 5.73 Å². The molecule has 0 aliphatic carbocycles. The van der Waals surface area contributed by atoms with E-state index in [9.17, 15) is 4.79 Å². The monoisotopic (exact) mass is 170 g/mol. The summed E-state index contributed by atoms with van der Waals surface area (Å²) in [6.07, 6.45) is 4.16. The first-order valence-corrected chi connectivity index (χ1v) is 4.75. The topological polar surface area (TPSA) is 55.1 Å². The Morgan fingerprint density at radius 2 is 2.08 bits per heavy atom. The zero-order chi connectivity index (χ0) is 8.81. The van der Waals surface area contributed by atoms with E-state index in [0.29, 0.717) is 6.42 Å². The van der Waals surface area contributed by atoms with Gasteiger partial charge < -0.3 is 11.1 Å². The molecule has 1 rings (SSSR count). The van der Waals surface area contributed by atoms with Crippen LogP contribution in [-0.4, -0.2) is 25.4 Å². The third-order valence-corrected chi connectivity index (χ3v) is 2.52. The molecule has 0 aromatic carbocycles. The molecule has 0 amide bonds. The summed E-state index contributed by atoms with van der Waals surface area (Å²) >= 11 is 0. The average molecular weight is 170 g/mol. The lowest BCUT2D eigenvalue weighted by Gasteiger charge is -2.21. The van der Waals surface area contributed by atoms with Gasteiger partial charge in [0.2, 0.25) is 0 Å². The van der Waals surface area contributed by atoms with Crippen LogP contribution in [0.3, 0.4) is 0 Å². The maximum absolute atomic E-state index is 10.9. The molecular formula is C9H18N2O. The summed E-state index contributed by atoms with van der Waals surface area (Å²) in [6, 6.07) is 0. The Kier molecular flexibility index (Phi) is 4.25. The van der Waals surface area contributed by atoms with E-state index >= 15 is 0 Å². The lowest BCUT2D eigenvalue weighted by atomic mass is 9.92. The van der Waals surface area contributed by atoms with Crippen molar-refractivity contribution in [3.8, 4) is 0 Å². The molecule has 1 aliphatic heterocycles. The van der Waals surface area contributed by atoms with Gasteiger partial charge in [-0.25, -0.2) is 0 Å². The molecular weight excluding hydrogens is 152 g/mol. The van der Waals surface area contributed by atoms with Gasteiger partial charge in [-0.15, -0.1) is 0 Å². The van der Waals surface area contributed by atoms with Crippen LogP contribution in [-0.2, 0) is 4.79 Å². The van der Waals surface area contributed by atoms with Crippen LogP contribution in [0.5, 0.6) is 0 Å². The van der Waals surface area contributed by atoms with Crippen molar-refractivity contribution in [3.05, 3.63) is 0 Å². The van der Waals surface area contributed by atoms with Crippen molar-refractivity contribution in [2.24, 2.45) is 11.7 Å². The number of hydrogen-bond donors (Lipinski definition) is 2. The highest BCUT2D eigenvalue weighted by molar-refractivity contribution is 5.80. The number of carbonyl (C=O) groups is 1. The molecule has 3 N–H and O–H groups in total. The molecule has 0 unspecified atom stereocenters. The highest BCUT2D eigenvalue weighted by Gasteiger charge is 2.13. The Balaban J connectivity index is 2.09. The van der Waals surface area contributed by atoms with E-state index in [2.05, 4.69) is 5.32 Å². The van der Waals surface area contributed by atoms with Gasteiger partial charge in [-0.1, -0.05) is 0 Å². The lowest BCUT2D eigenvalue weighted by molar-refractivity contribution is -0.118. The van der Waals surface area contributed by atoms with E-state index < -0.39 is 0 Å². The Bertz CT molecular complexity index is 141. The molecule has 0 bridgehead atoms. The standard InChI is InChI=1S/C9H18N2O/c10-7-9(12)2-1-8-3-5-11-6-4-8/h8,11H,1-7,10H2. The van der Waals surface area contributed by atoms with Gasteiger partial charge in [-0.3, -0.25) is 4.79 Å². The van der Waals surface area contributed by atoms with Crippen molar-refractivity contribution >= 4 is 5.78 Å². The second kappa shape index (κ2) is 5.27. The Morgan fingerprint density at radius 3 is 2.67 bits per heavy atom. The third kappa shape index (κ3) is 3.32. The van der Waals surface area contributed by atoms with Gasteiger partial charge >= 0.3 is 0 Å². The predicted octanol–water partition coefficient (Wildman–Crippen LogP) is 0.294. The quantitative estimate of drug-likeness (QED) is 0.638. The normalized spacial score (nSPS) is 19.4. The fourth-order valence-electron chi connectivity index (χ4n) is 1.64. The second-order valence-electron chi connectivity index (χ2n) is 3.47. The minimum absolute atomic E-state index is 0.202. The molecule has 3 heteroatoms. The van der Waals surface area contributed by atoms with Crippen molar-refractivity contribution in [3.63, 3.8) is 0 Å². The summed E-state index contributed by atoms with van der Waals surface area (Å²) in [7, 11) is 0. The minimum Gasteiger partial charge on any atom is -0.324 e. The zero-order valence-corrected chi connectivity index (χ0v) is 7.51. The molecule has 0 spiro atoms. The van der Waals surface area contributed by atoms with Crippen LogP contribution in [0, 0.1) is 5.92 Å². The summed E-state index contributed by atoms with van der Waals surface area (Å²) in [4.78, 5) is 10.9. The molecule has 1 saturated heterocycles. The van der Waals surface area contributed by atoms with Crippen LogP contribution in [0.2, 0.25) is 0 Å². The number of Topliss-reactive ketones (excluding diaryl/α,β-unsaturated/α-hetero) is 1. The van der Waals surface area contributed by atoms with Crippen LogP contribution in [0.25, 0.3) is 0 Å². The van der Waals surface area contributed by atoms with E-state index in [1.807, 2.05) is 0 Å². The van der Waals surface area contributed by atoms with Crippen LogP contribution < -0.4 is 11.1 Å². The Morgan fingerprint density at radius 1 is 1.42 bits per heavy atom. The molecule has 0 aromatic rings. The van der Waals surface area contributed by atoms with Gasteiger partial charge in [0, 0.05) is 6.42 Å². The van der Waals surface area contributed by atoms with E-state index in [1.54, 1.807) is 0 Å². The van der Waals surface area contributed by atoms with Crippen LogP contribution in [0.4, 0.5) is 0 Å². The Hall–Kier alpha value is -0.410. The number of piperidine rings is 1. The number of rotatable bonds is 4. The number of carbonyl (C=O) groups excluding carboxylic acids is 1. The molecule has 70 valence electrons. The van der Waals surface area contributed by atoms with Crippen molar-refractivity contribution in [2.75, 3.05) is 19.6 Å². The van der Waals surface area contributed by atoms with Crippen LogP contribution in [0.1, 0.15) is 25.7 Å². The first-order chi connectivity index (χ1) is 5.83. The predicted molar refractivity (Wildman–Crippen MR) is 48.9 cm³/mol. The summed E-state index contributed by atoms with van der Waals surface area (Å²) in [6.45, 7) is 2.44. The maximum Gasteiger partial charge on any atom is 0.146 e. The highest BCUT2D eigenvalue weighted by Crippen LogP contribution is 2.17. The van der Waals surface area contributed by atoms with E-state index in [0.717, 1.165) is 25.4 Å². The van der Waals surface area contributed by atoms with Gasteiger partial charge in [-0.05, 0) is 38.3 Å². The lowest BCUT2D eigenvalue weighted by Crippen LogP contribution is -2.28. The number of nitrogens with two attached hydrogens (primary N) is 1. The second-order valence-corrected chi connectivity index (χ2v) is 3.47. The SMILES string of the molecule is NCC(=O)CCC1CCNCC1. The molecule has 12 heavy (non-hydrogen) atoms. The van der Waals surface area contributed by atoms with Gasteiger partial charge in [-0.2, -0.15) is 0 Å². The number of hydrogen-bond acceptors (Lipinski definition) is 3. The van der Waals surface area contributed by atoms with Crippen molar-refractivity contribution in [1.29, 1.82) is 0 Å². The fourth-order valence-corrected chi connectivity index (χ4v) is 1.64. The minimum atomic E-state index is 0.202.